The summed E-state index contributed by atoms with van der Waals surface area (Å²) in [5.41, 5.74) is 0.401. The third-order valence-electron chi connectivity index (χ3n) is 5.01. The van der Waals surface area contributed by atoms with Gasteiger partial charge in [0.2, 0.25) is 5.82 Å². The van der Waals surface area contributed by atoms with Crippen molar-refractivity contribution in [2.45, 2.75) is 24.9 Å². The van der Waals surface area contributed by atoms with E-state index >= 15 is 0 Å². The van der Waals surface area contributed by atoms with Crippen LogP contribution >= 0.6 is 0 Å². The van der Waals surface area contributed by atoms with Crippen molar-refractivity contribution in [1.29, 1.82) is 0 Å². The zero-order valence-corrected chi connectivity index (χ0v) is 15.7. The number of aromatic amines is 1. The predicted molar refractivity (Wildman–Crippen MR) is 102 cm³/mol. The van der Waals surface area contributed by atoms with Crippen LogP contribution in [0.3, 0.4) is 0 Å². The van der Waals surface area contributed by atoms with Crippen molar-refractivity contribution >= 4 is 5.97 Å². The van der Waals surface area contributed by atoms with E-state index in [0.29, 0.717) is 17.2 Å². The minimum absolute atomic E-state index is 0.116. The molecule has 0 unspecified atom stereocenters. The molecule has 2 aromatic heterocycles. The smallest absolute Gasteiger partial charge is 0.416 e. The molecule has 1 aromatic carbocycles. The third kappa shape index (κ3) is 4.04. The average molecular weight is 417 g/mol. The van der Waals surface area contributed by atoms with Gasteiger partial charge >= 0.3 is 12.1 Å². The third-order valence-corrected chi connectivity index (χ3v) is 5.01. The Balaban J connectivity index is 1.85. The number of carbonyl (C=O) groups is 1. The Bertz CT molecular complexity index is 1070. The topological polar surface area (TPSA) is 104 Å². The van der Waals surface area contributed by atoms with Crippen molar-refractivity contribution in [2.24, 2.45) is 0 Å². The van der Waals surface area contributed by atoms with Gasteiger partial charge in [-0.05, 0) is 44.1 Å². The molecule has 7 nitrogen and oxygen atoms in total. The number of benzene rings is 1. The Morgan fingerprint density at radius 2 is 1.90 bits per heavy atom. The number of aromatic carboxylic acids is 1. The highest BCUT2D eigenvalue weighted by molar-refractivity contribution is 5.84. The van der Waals surface area contributed by atoms with Crippen molar-refractivity contribution in [3.05, 3.63) is 53.7 Å². The molecule has 4 rings (SSSR count). The van der Waals surface area contributed by atoms with Crippen LogP contribution in [-0.4, -0.2) is 44.1 Å². The number of hydrogen-bond donors (Lipinski definition) is 3. The standard InChI is InChI=1S/C20H18F3N5O2/c21-20(22,23)13-3-1-2-12(10-13)15-16(14-6-9-25-18(26-14)19(29)30)28-17(27-15)11-4-7-24-8-5-11/h1-3,6,9-11,24H,4-5,7-8H2,(H,27,28)(H,29,30). The van der Waals surface area contributed by atoms with Crippen LogP contribution in [0.4, 0.5) is 13.2 Å². The monoisotopic (exact) mass is 417 g/mol. The molecule has 0 aliphatic carbocycles. The van der Waals surface area contributed by atoms with Crippen LogP contribution in [0, 0.1) is 0 Å². The van der Waals surface area contributed by atoms with Crippen LogP contribution in [0.1, 0.15) is 40.8 Å². The van der Waals surface area contributed by atoms with E-state index in [0.717, 1.165) is 38.1 Å². The summed E-state index contributed by atoms with van der Waals surface area (Å²) in [6.45, 7) is 1.63. The average Bonchev–Trinajstić information content (AvgIpc) is 3.19. The van der Waals surface area contributed by atoms with E-state index in [1.807, 2.05) is 0 Å². The summed E-state index contributed by atoms with van der Waals surface area (Å²) >= 11 is 0. The SMILES string of the molecule is O=C(O)c1nccc(-c2[nH]c(C3CCNCC3)nc2-c2cccc(C(F)(F)F)c2)n1. The van der Waals surface area contributed by atoms with E-state index in [9.17, 15) is 23.1 Å². The minimum Gasteiger partial charge on any atom is -0.475 e. The van der Waals surface area contributed by atoms with Gasteiger partial charge in [-0.15, -0.1) is 0 Å². The molecule has 0 spiro atoms. The van der Waals surface area contributed by atoms with Gasteiger partial charge in [0.1, 0.15) is 5.82 Å². The number of aromatic nitrogens is 4. The van der Waals surface area contributed by atoms with E-state index in [1.54, 1.807) is 6.07 Å². The molecule has 0 saturated carbocycles. The Morgan fingerprint density at radius 1 is 1.13 bits per heavy atom. The van der Waals surface area contributed by atoms with Crippen LogP contribution in [0.2, 0.25) is 0 Å². The molecule has 30 heavy (non-hydrogen) atoms. The number of imidazole rings is 1. The molecule has 1 aliphatic heterocycles. The molecular formula is C20H18F3N5O2. The largest absolute Gasteiger partial charge is 0.475 e. The number of nitrogens with zero attached hydrogens (tertiary/aromatic N) is 3. The van der Waals surface area contributed by atoms with E-state index in [-0.39, 0.29) is 17.2 Å². The Labute approximate surface area is 169 Å². The first-order valence-corrected chi connectivity index (χ1v) is 9.38. The van der Waals surface area contributed by atoms with Crippen LogP contribution in [0.5, 0.6) is 0 Å². The van der Waals surface area contributed by atoms with Crippen molar-refractivity contribution in [3.63, 3.8) is 0 Å². The second-order valence-corrected chi connectivity index (χ2v) is 7.02. The van der Waals surface area contributed by atoms with Crippen LogP contribution in [0.15, 0.2) is 36.5 Å². The lowest BCUT2D eigenvalue weighted by molar-refractivity contribution is -0.137. The first-order chi connectivity index (χ1) is 14.3. The van der Waals surface area contributed by atoms with Gasteiger partial charge in [0.05, 0.1) is 22.6 Å². The van der Waals surface area contributed by atoms with E-state index in [1.165, 1.54) is 18.3 Å². The molecule has 156 valence electrons. The number of halogens is 3. The lowest BCUT2D eigenvalue weighted by Gasteiger charge is -2.20. The summed E-state index contributed by atoms with van der Waals surface area (Å²) < 4.78 is 39.7. The number of carboxylic acids is 1. The Hall–Kier alpha value is -3.27. The zero-order valence-electron chi connectivity index (χ0n) is 15.7. The fraction of sp³-hybridized carbons (Fsp3) is 0.300. The summed E-state index contributed by atoms with van der Waals surface area (Å²) in [7, 11) is 0. The van der Waals surface area contributed by atoms with Crippen LogP contribution in [0.25, 0.3) is 22.6 Å². The Kier molecular flexibility index (Phi) is 5.25. The van der Waals surface area contributed by atoms with Crippen molar-refractivity contribution < 1.29 is 23.1 Å². The van der Waals surface area contributed by atoms with Gasteiger partial charge in [-0.3, -0.25) is 0 Å². The summed E-state index contributed by atoms with van der Waals surface area (Å²) in [6.07, 6.45) is -1.53. The van der Waals surface area contributed by atoms with Gasteiger partial charge in [0, 0.05) is 17.7 Å². The maximum Gasteiger partial charge on any atom is 0.416 e. The minimum atomic E-state index is -4.49. The highest BCUT2D eigenvalue weighted by Crippen LogP contribution is 2.36. The van der Waals surface area contributed by atoms with Crippen molar-refractivity contribution in [3.8, 4) is 22.6 Å². The number of hydrogen-bond acceptors (Lipinski definition) is 5. The summed E-state index contributed by atoms with van der Waals surface area (Å²) in [5, 5.41) is 12.5. The molecule has 0 bridgehead atoms. The lowest BCUT2D eigenvalue weighted by atomic mass is 9.98. The normalized spacial score (nSPS) is 15.3. The van der Waals surface area contributed by atoms with Gasteiger partial charge in [0.15, 0.2) is 0 Å². The summed E-state index contributed by atoms with van der Waals surface area (Å²) in [5.74, 6) is -0.934. The maximum absolute atomic E-state index is 13.2. The van der Waals surface area contributed by atoms with Gasteiger partial charge in [-0.25, -0.2) is 19.7 Å². The first kappa shape index (κ1) is 20.0. The molecule has 3 heterocycles. The maximum atomic E-state index is 13.2. The molecule has 1 saturated heterocycles. The molecule has 1 fully saturated rings. The van der Waals surface area contributed by atoms with Crippen LogP contribution in [-0.2, 0) is 6.18 Å². The second kappa shape index (κ2) is 7.86. The number of piperidine rings is 1. The van der Waals surface area contributed by atoms with Crippen molar-refractivity contribution in [2.75, 3.05) is 13.1 Å². The first-order valence-electron chi connectivity index (χ1n) is 9.38. The van der Waals surface area contributed by atoms with Gasteiger partial charge < -0.3 is 15.4 Å². The number of alkyl halides is 3. The Morgan fingerprint density at radius 3 is 2.60 bits per heavy atom. The molecule has 0 amide bonds. The molecule has 3 aromatic rings. The summed E-state index contributed by atoms with van der Waals surface area (Å²) in [6, 6.07) is 6.40. The number of rotatable bonds is 4. The van der Waals surface area contributed by atoms with Gasteiger partial charge in [0.25, 0.3) is 0 Å². The lowest BCUT2D eigenvalue weighted by Crippen LogP contribution is -2.27. The molecule has 3 N–H and O–H groups in total. The number of nitrogens with one attached hydrogen (secondary N) is 2. The molecule has 10 heteroatoms. The van der Waals surface area contributed by atoms with Gasteiger partial charge in [-0.2, -0.15) is 13.2 Å². The van der Waals surface area contributed by atoms with E-state index in [4.69, 9.17) is 0 Å². The highest BCUT2D eigenvalue weighted by atomic mass is 19.4. The number of carboxylic acid groups (broad SMARTS) is 1. The second-order valence-electron chi connectivity index (χ2n) is 7.02. The quantitative estimate of drug-likeness (QED) is 0.598. The molecule has 0 atom stereocenters. The molecule has 1 aliphatic rings. The highest BCUT2D eigenvalue weighted by Gasteiger charge is 2.31. The van der Waals surface area contributed by atoms with Crippen LogP contribution < -0.4 is 5.32 Å². The zero-order chi connectivity index (χ0) is 21.3. The fourth-order valence-corrected chi connectivity index (χ4v) is 3.52. The van der Waals surface area contributed by atoms with Gasteiger partial charge in [-0.1, -0.05) is 12.1 Å². The predicted octanol–water partition coefficient (Wildman–Crippen LogP) is 3.72. The van der Waals surface area contributed by atoms with Crippen molar-refractivity contribution in [1.82, 2.24) is 25.3 Å². The summed E-state index contributed by atoms with van der Waals surface area (Å²) in [4.78, 5) is 26.8. The number of H-pyrrole nitrogens is 1. The molecule has 0 radical (unpaired) electrons. The van der Waals surface area contributed by atoms with E-state index in [2.05, 4.69) is 25.3 Å². The molecular weight excluding hydrogens is 399 g/mol. The fourth-order valence-electron chi connectivity index (χ4n) is 3.52. The van der Waals surface area contributed by atoms with E-state index < -0.39 is 23.5 Å².